The molecule has 0 fully saturated rings. The molecule has 3 aromatic rings. The second-order valence-electron chi connectivity index (χ2n) is 5.18. The topological polar surface area (TPSA) is 85.1 Å². The van der Waals surface area contributed by atoms with Crippen molar-refractivity contribution in [3.63, 3.8) is 0 Å². The minimum atomic E-state index is -1.06. The van der Waals surface area contributed by atoms with Crippen LogP contribution in [0.25, 0.3) is 5.52 Å². The number of ether oxygens (including phenoxy) is 1. The number of carbonyl (C=O) groups excluding carboxylic acids is 2. The number of carbonyl (C=O) groups is 3. The van der Waals surface area contributed by atoms with E-state index in [1.165, 1.54) is 24.3 Å². The van der Waals surface area contributed by atoms with E-state index in [-0.39, 0.29) is 11.3 Å². The molecule has 2 heterocycles. The van der Waals surface area contributed by atoms with Crippen molar-refractivity contribution in [1.29, 1.82) is 0 Å². The largest absolute Gasteiger partial charge is 0.478 e. The number of rotatable bonds is 5. The lowest BCUT2D eigenvalue weighted by Crippen LogP contribution is -2.07. The monoisotopic (exact) mass is 323 g/mol. The van der Waals surface area contributed by atoms with Crippen LogP contribution in [0, 0.1) is 6.92 Å². The van der Waals surface area contributed by atoms with Gasteiger partial charge in [0.15, 0.2) is 5.75 Å². The summed E-state index contributed by atoms with van der Waals surface area (Å²) in [5.41, 5.74) is 1.97. The lowest BCUT2D eigenvalue weighted by molar-refractivity contribution is -0.120. The summed E-state index contributed by atoms with van der Waals surface area (Å²) in [5.74, 6) is -1.01. The molecule has 0 bridgehead atoms. The number of benzene rings is 1. The van der Waals surface area contributed by atoms with Gasteiger partial charge in [0.05, 0.1) is 11.1 Å². The van der Waals surface area contributed by atoms with Crippen LogP contribution in [0.3, 0.4) is 0 Å². The summed E-state index contributed by atoms with van der Waals surface area (Å²) in [6.45, 7) is 2.02. The Morgan fingerprint density at radius 1 is 1.08 bits per heavy atom. The molecule has 0 aliphatic rings. The molecule has 0 saturated carbocycles. The molecule has 1 aromatic carbocycles. The predicted molar refractivity (Wildman–Crippen MR) is 85.7 cm³/mol. The van der Waals surface area contributed by atoms with E-state index < -0.39 is 5.97 Å². The maximum Gasteiger partial charge on any atom is 0.335 e. The molecule has 3 rings (SSSR count). The molecule has 0 amide bonds. The summed E-state index contributed by atoms with van der Waals surface area (Å²) >= 11 is 0. The summed E-state index contributed by atoms with van der Waals surface area (Å²) in [4.78, 5) is 34.5. The minimum absolute atomic E-state index is 0.105. The van der Waals surface area contributed by atoms with Gasteiger partial charge in [-0.05, 0) is 31.2 Å². The lowest BCUT2D eigenvalue weighted by atomic mass is 10.0. The standard InChI is InChI=1S/C18H13NO5/c1-11-15(16(21)12-5-7-13(8-6-12)18(22)23)19-9-3-2-4-14(19)17(11)24-10-20/h2-10H,1H3,(H,22,23). The molecule has 2 aromatic heterocycles. The molecular formula is C18H13NO5. The van der Waals surface area contributed by atoms with Gasteiger partial charge in [-0.15, -0.1) is 0 Å². The highest BCUT2D eigenvalue weighted by Crippen LogP contribution is 2.31. The van der Waals surface area contributed by atoms with Gasteiger partial charge in [-0.25, -0.2) is 4.79 Å². The predicted octanol–water partition coefficient (Wildman–Crippen LogP) is 2.71. The molecule has 0 unspecified atom stereocenters. The Bertz CT molecular complexity index is 953. The Labute approximate surface area is 136 Å². The van der Waals surface area contributed by atoms with Crippen LogP contribution < -0.4 is 4.74 Å². The van der Waals surface area contributed by atoms with Crippen LogP contribution in [-0.4, -0.2) is 27.7 Å². The number of hydrogen-bond acceptors (Lipinski definition) is 4. The molecule has 24 heavy (non-hydrogen) atoms. The van der Waals surface area contributed by atoms with Crippen molar-refractivity contribution in [2.75, 3.05) is 0 Å². The van der Waals surface area contributed by atoms with Gasteiger partial charge in [0.2, 0.25) is 5.78 Å². The van der Waals surface area contributed by atoms with Crippen LogP contribution in [-0.2, 0) is 4.79 Å². The van der Waals surface area contributed by atoms with Crippen molar-refractivity contribution in [3.8, 4) is 5.75 Å². The third-order valence-corrected chi connectivity index (χ3v) is 3.80. The van der Waals surface area contributed by atoms with Crippen molar-refractivity contribution in [2.24, 2.45) is 0 Å². The number of nitrogens with zero attached hydrogens (tertiary/aromatic N) is 1. The second kappa shape index (κ2) is 6.00. The first-order chi connectivity index (χ1) is 11.5. The van der Waals surface area contributed by atoms with E-state index in [1.54, 1.807) is 35.7 Å². The van der Waals surface area contributed by atoms with Crippen molar-refractivity contribution in [2.45, 2.75) is 6.92 Å². The lowest BCUT2D eigenvalue weighted by Gasteiger charge is -2.04. The fraction of sp³-hybridized carbons (Fsp3) is 0.0556. The molecule has 120 valence electrons. The highest BCUT2D eigenvalue weighted by Gasteiger charge is 2.22. The van der Waals surface area contributed by atoms with Gasteiger partial charge >= 0.3 is 5.97 Å². The van der Waals surface area contributed by atoms with E-state index in [0.29, 0.717) is 34.6 Å². The van der Waals surface area contributed by atoms with Crippen LogP contribution in [0.2, 0.25) is 0 Å². The molecule has 6 heteroatoms. The second-order valence-corrected chi connectivity index (χ2v) is 5.18. The van der Waals surface area contributed by atoms with Gasteiger partial charge in [-0.2, -0.15) is 0 Å². The summed E-state index contributed by atoms with van der Waals surface area (Å²) in [5, 5.41) is 8.94. The number of aromatic carboxylic acids is 1. The van der Waals surface area contributed by atoms with E-state index >= 15 is 0 Å². The molecule has 0 saturated heterocycles. The van der Waals surface area contributed by atoms with Crippen LogP contribution >= 0.6 is 0 Å². The number of ketones is 1. The molecule has 6 nitrogen and oxygen atoms in total. The van der Waals surface area contributed by atoms with Crippen LogP contribution in [0.4, 0.5) is 0 Å². The quantitative estimate of drug-likeness (QED) is 0.576. The average molecular weight is 323 g/mol. The molecule has 0 atom stereocenters. The molecule has 0 spiro atoms. The summed E-state index contributed by atoms with van der Waals surface area (Å²) < 4.78 is 6.69. The maximum atomic E-state index is 12.9. The summed E-state index contributed by atoms with van der Waals surface area (Å²) in [6, 6.07) is 11.0. The Morgan fingerprint density at radius 2 is 1.75 bits per heavy atom. The zero-order chi connectivity index (χ0) is 17.3. The molecular weight excluding hydrogens is 310 g/mol. The number of carboxylic acids is 1. The van der Waals surface area contributed by atoms with Crippen LogP contribution in [0.1, 0.15) is 32.0 Å². The van der Waals surface area contributed by atoms with Gasteiger partial charge in [0.25, 0.3) is 6.47 Å². The van der Waals surface area contributed by atoms with Crippen molar-refractivity contribution in [3.05, 3.63) is 71.0 Å². The van der Waals surface area contributed by atoms with E-state index in [0.717, 1.165) is 0 Å². The number of aromatic nitrogens is 1. The number of hydrogen-bond donors (Lipinski definition) is 1. The van der Waals surface area contributed by atoms with Crippen LogP contribution in [0.15, 0.2) is 48.7 Å². The van der Waals surface area contributed by atoms with E-state index in [1.807, 2.05) is 0 Å². The molecule has 0 radical (unpaired) electrons. The van der Waals surface area contributed by atoms with E-state index in [4.69, 9.17) is 9.84 Å². The number of pyridine rings is 1. The third-order valence-electron chi connectivity index (χ3n) is 3.80. The Hall–Kier alpha value is -3.41. The zero-order valence-corrected chi connectivity index (χ0v) is 12.7. The van der Waals surface area contributed by atoms with Gasteiger partial charge in [-0.3, -0.25) is 9.59 Å². The third kappa shape index (κ3) is 2.44. The average Bonchev–Trinajstić information content (AvgIpc) is 2.87. The van der Waals surface area contributed by atoms with Gasteiger partial charge in [-0.1, -0.05) is 18.2 Å². The molecule has 1 N–H and O–H groups in total. The highest BCUT2D eigenvalue weighted by molar-refractivity contribution is 6.10. The first kappa shape index (κ1) is 15.5. The van der Waals surface area contributed by atoms with Crippen molar-refractivity contribution >= 4 is 23.7 Å². The van der Waals surface area contributed by atoms with E-state index in [2.05, 4.69) is 0 Å². The fourth-order valence-electron chi connectivity index (χ4n) is 2.68. The first-order valence-electron chi connectivity index (χ1n) is 7.12. The first-order valence-corrected chi connectivity index (χ1v) is 7.12. The minimum Gasteiger partial charge on any atom is -0.478 e. The number of fused-ring (bicyclic) bond motifs is 1. The summed E-state index contributed by atoms with van der Waals surface area (Å²) in [7, 11) is 0. The maximum absolute atomic E-state index is 12.9. The zero-order valence-electron chi connectivity index (χ0n) is 12.7. The van der Waals surface area contributed by atoms with Gasteiger partial charge in [0, 0.05) is 17.3 Å². The van der Waals surface area contributed by atoms with Crippen LogP contribution in [0.5, 0.6) is 5.75 Å². The number of carboxylic acid groups (broad SMARTS) is 1. The smallest absolute Gasteiger partial charge is 0.335 e. The molecule has 0 aliphatic heterocycles. The Balaban J connectivity index is 2.14. The van der Waals surface area contributed by atoms with Crippen molar-refractivity contribution in [1.82, 2.24) is 4.40 Å². The highest BCUT2D eigenvalue weighted by atomic mass is 16.5. The summed E-state index contributed by atoms with van der Waals surface area (Å²) in [6.07, 6.45) is 1.71. The molecule has 0 aliphatic carbocycles. The SMILES string of the molecule is Cc1c(OC=O)c2ccccn2c1C(=O)c1ccc(C(=O)O)cc1. The van der Waals surface area contributed by atoms with E-state index in [9.17, 15) is 14.4 Å². The Kier molecular flexibility index (Phi) is 3.87. The fourth-order valence-corrected chi connectivity index (χ4v) is 2.68. The Morgan fingerprint density at radius 3 is 2.38 bits per heavy atom. The van der Waals surface area contributed by atoms with Crippen molar-refractivity contribution < 1.29 is 24.2 Å². The van der Waals surface area contributed by atoms with Gasteiger partial charge in [0.1, 0.15) is 5.69 Å². The normalized spacial score (nSPS) is 10.5. The van der Waals surface area contributed by atoms with Gasteiger partial charge < -0.3 is 14.2 Å².